The fraction of sp³-hybridized carbons (Fsp3) is 0.389. The van der Waals surface area contributed by atoms with Gasteiger partial charge in [-0.1, -0.05) is 69.5 Å². The van der Waals surface area contributed by atoms with Crippen molar-refractivity contribution in [2.75, 3.05) is 12.0 Å². The van der Waals surface area contributed by atoms with Gasteiger partial charge < -0.3 is 15.0 Å². The van der Waals surface area contributed by atoms with E-state index < -0.39 is 6.04 Å². The van der Waals surface area contributed by atoms with Crippen molar-refractivity contribution >= 4 is 28.4 Å². The van der Waals surface area contributed by atoms with Crippen LogP contribution in [0.15, 0.2) is 66.9 Å². The molecule has 1 aliphatic rings. The van der Waals surface area contributed by atoms with Crippen molar-refractivity contribution in [2.24, 2.45) is 0 Å². The Bertz CT molecular complexity index is 1550. The number of hydrogen-bond acceptors (Lipinski definition) is 3. The summed E-state index contributed by atoms with van der Waals surface area (Å²) < 4.78 is 5.60. The number of amides is 2. The first-order valence-electron chi connectivity index (χ1n) is 15.2. The summed E-state index contributed by atoms with van der Waals surface area (Å²) in [6, 6.07) is 19.2. The van der Waals surface area contributed by atoms with Crippen LogP contribution in [0.2, 0.25) is 0 Å². The Balaban J connectivity index is 1.62. The second kappa shape index (κ2) is 12.8. The summed E-state index contributed by atoms with van der Waals surface area (Å²) in [4.78, 5) is 33.9. The zero-order valence-electron chi connectivity index (χ0n) is 25.5. The van der Waals surface area contributed by atoms with Gasteiger partial charge in [0.25, 0.3) is 0 Å². The summed E-state index contributed by atoms with van der Waals surface area (Å²) in [5, 5.41) is 4.36. The number of nitrogens with zero attached hydrogens (tertiary/aromatic N) is 1. The summed E-state index contributed by atoms with van der Waals surface area (Å²) in [6.07, 6.45) is 7.41. The minimum Gasteiger partial charge on any atom is -0.496 e. The van der Waals surface area contributed by atoms with Crippen LogP contribution in [0.25, 0.3) is 10.9 Å². The topological polar surface area (TPSA) is 74.4 Å². The van der Waals surface area contributed by atoms with Crippen LogP contribution < -0.4 is 15.0 Å². The lowest BCUT2D eigenvalue weighted by Gasteiger charge is -2.35. The number of fused-ring (bicyclic) bond motifs is 1. The number of ether oxygens (including phenoxy) is 1. The van der Waals surface area contributed by atoms with Gasteiger partial charge in [0, 0.05) is 28.8 Å². The Kier molecular flexibility index (Phi) is 9.00. The van der Waals surface area contributed by atoms with Gasteiger partial charge in [0.05, 0.1) is 13.5 Å². The van der Waals surface area contributed by atoms with Gasteiger partial charge in [-0.05, 0) is 84.7 Å². The number of H-pyrrole nitrogens is 1. The van der Waals surface area contributed by atoms with Crippen LogP contribution in [0, 0.1) is 13.8 Å². The average molecular weight is 566 g/mol. The largest absolute Gasteiger partial charge is 0.496 e. The Morgan fingerprint density at radius 1 is 0.952 bits per heavy atom. The minimum absolute atomic E-state index is 0.113. The summed E-state index contributed by atoms with van der Waals surface area (Å²) >= 11 is 0. The average Bonchev–Trinajstić information content (AvgIpc) is 3.40. The molecular weight excluding hydrogens is 522 g/mol. The molecule has 1 saturated carbocycles. The number of benzene rings is 3. The van der Waals surface area contributed by atoms with Gasteiger partial charge in [-0.15, -0.1) is 0 Å². The molecule has 0 radical (unpaired) electrons. The van der Waals surface area contributed by atoms with Gasteiger partial charge in [-0.2, -0.15) is 0 Å². The number of carbonyl (C=O) groups excluding carboxylic acids is 2. The van der Waals surface area contributed by atoms with Crippen LogP contribution >= 0.6 is 0 Å². The monoisotopic (exact) mass is 565 g/mol. The molecule has 5 rings (SSSR count). The highest BCUT2D eigenvalue weighted by molar-refractivity contribution is 6.03. The standard InChI is InChI=1S/C36H43N3O3/c1-23(2)26-15-17-29(18-16-26)39(34(40)21-27-22-37-32-14-10-9-13-31(27)32)35(36(41)38-28-11-7-6-8-12-28)30-19-20-33(42-5)25(4)24(30)3/h9-10,13-20,22-23,28,35,37H,6-8,11-12,21H2,1-5H3,(H,38,41). The van der Waals surface area contributed by atoms with Crippen LogP contribution in [0.4, 0.5) is 5.69 Å². The molecule has 2 amide bonds. The summed E-state index contributed by atoms with van der Waals surface area (Å²) in [7, 11) is 1.65. The first kappa shape index (κ1) is 29.4. The molecule has 1 aromatic heterocycles. The molecule has 1 atom stereocenters. The number of methoxy groups -OCH3 is 1. The summed E-state index contributed by atoms with van der Waals surface area (Å²) in [5.41, 5.74) is 6.51. The van der Waals surface area contributed by atoms with Crippen molar-refractivity contribution in [2.45, 2.75) is 84.2 Å². The molecule has 2 N–H and O–H groups in total. The molecule has 0 saturated heterocycles. The fourth-order valence-electron chi connectivity index (χ4n) is 6.24. The molecule has 1 heterocycles. The van der Waals surface area contributed by atoms with Crippen molar-refractivity contribution in [3.8, 4) is 5.75 Å². The molecule has 0 spiro atoms. The second-order valence-electron chi connectivity index (χ2n) is 11.9. The molecular formula is C36H43N3O3. The van der Waals surface area contributed by atoms with E-state index in [4.69, 9.17) is 4.74 Å². The van der Waals surface area contributed by atoms with Crippen LogP contribution in [0.3, 0.4) is 0 Å². The van der Waals surface area contributed by atoms with Crippen molar-refractivity contribution in [3.05, 3.63) is 94.7 Å². The third kappa shape index (κ3) is 6.08. The van der Waals surface area contributed by atoms with Gasteiger partial charge >= 0.3 is 0 Å². The lowest BCUT2D eigenvalue weighted by Crippen LogP contribution is -2.48. The zero-order valence-corrected chi connectivity index (χ0v) is 25.5. The number of anilines is 1. The molecule has 1 aliphatic carbocycles. The van der Waals surface area contributed by atoms with E-state index in [1.165, 1.54) is 12.0 Å². The molecule has 6 nitrogen and oxygen atoms in total. The van der Waals surface area contributed by atoms with E-state index in [2.05, 4.69) is 36.3 Å². The van der Waals surface area contributed by atoms with Gasteiger partial charge in [0.2, 0.25) is 11.8 Å². The van der Waals surface area contributed by atoms with E-state index in [0.717, 1.165) is 64.6 Å². The number of aromatic nitrogens is 1. The quantitative estimate of drug-likeness (QED) is 0.219. The predicted molar refractivity (Wildman–Crippen MR) is 170 cm³/mol. The number of hydrogen-bond donors (Lipinski definition) is 2. The molecule has 0 bridgehead atoms. The van der Waals surface area contributed by atoms with E-state index >= 15 is 0 Å². The molecule has 1 unspecified atom stereocenters. The van der Waals surface area contributed by atoms with E-state index in [0.29, 0.717) is 11.6 Å². The Morgan fingerprint density at radius 2 is 1.67 bits per heavy atom. The van der Waals surface area contributed by atoms with Gasteiger partial charge in [0.1, 0.15) is 11.8 Å². The number of aromatic amines is 1. The second-order valence-corrected chi connectivity index (χ2v) is 11.9. The molecule has 1 fully saturated rings. The Labute approximate surface area is 249 Å². The van der Waals surface area contributed by atoms with Crippen LogP contribution in [-0.2, 0) is 16.0 Å². The van der Waals surface area contributed by atoms with E-state index in [1.807, 2.05) is 68.6 Å². The SMILES string of the molecule is COc1ccc(C(C(=O)NC2CCCCC2)N(C(=O)Cc2c[nH]c3ccccc23)c2ccc(C(C)C)cc2)c(C)c1C. The first-order valence-corrected chi connectivity index (χ1v) is 15.2. The van der Waals surface area contributed by atoms with E-state index in [1.54, 1.807) is 12.0 Å². The summed E-state index contributed by atoms with van der Waals surface area (Å²) in [5.74, 6) is 0.843. The van der Waals surface area contributed by atoms with E-state index in [9.17, 15) is 9.59 Å². The van der Waals surface area contributed by atoms with Gasteiger partial charge in [0.15, 0.2) is 0 Å². The smallest absolute Gasteiger partial charge is 0.248 e. The number of rotatable bonds is 9. The van der Waals surface area contributed by atoms with Crippen LogP contribution in [-0.4, -0.2) is 29.9 Å². The van der Waals surface area contributed by atoms with Crippen molar-refractivity contribution in [3.63, 3.8) is 0 Å². The number of nitrogens with one attached hydrogen (secondary N) is 2. The van der Waals surface area contributed by atoms with Crippen molar-refractivity contribution in [1.82, 2.24) is 10.3 Å². The van der Waals surface area contributed by atoms with Crippen molar-refractivity contribution in [1.29, 1.82) is 0 Å². The summed E-state index contributed by atoms with van der Waals surface area (Å²) in [6.45, 7) is 8.32. The molecule has 0 aliphatic heterocycles. The van der Waals surface area contributed by atoms with Gasteiger partial charge in [-0.25, -0.2) is 0 Å². The minimum atomic E-state index is -0.834. The molecule has 6 heteroatoms. The zero-order chi connectivity index (χ0) is 29.8. The predicted octanol–water partition coefficient (Wildman–Crippen LogP) is 7.68. The maximum atomic E-state index is 14.5. The normalized spacial score (nSPS) is 14.6. The Morgan fingerprint density at radius 3 is 2.36 bits per heavy atom. The third-order valence-electron chi connectivity index (χ3n) is 8.88. The lowest BCUT2D eigenvalue weighted by atomic mass is 9.92. The number of carbonyl (C=O) groups is 2. The molecule has 42 heavy (non-hydrogen) atoms. The van der Waals surface area contributed by atoms with Gasteiger partial charge in [-0.3, -0.25) is 14.5 Å². The molecule has 220 valence electrons. The van der Waals surface area contributed by atoms with Crippen molar-refractivity contribution < 1.29 is 14.3 Å². The van der Waals surface area contributed by atoms with Crippen LogP contribution in [0.5, 0.6) is 5.75 Å². The number of para-hydroxylation sites is 1. The third-order valence-corrected chi connectivity index (χ3v) is 8.88. The van der Waals surface area contributed by atoms with Crippen LogP contribution in [0.1, 0.15) is 85.7 Å². The fourth-order valence-corrected chi connectivity index (χ4v) is 6.24. The van der Waals surface area contributed by atoms with E-state index in [-0.39, 0.29) is 24.3 Å². The highest BCUT2D eigenvalue weighted by Crippen LogP contribution is 2.36. The maximum Gasteiger partial charge on any atom is 0.248 e. The highest BCUT2D eigenvalue weighted by Gasteiger charge is 2.36. The lowest BCUT2D eigenvalue weighted by molar-refractivity contribution is -0.127. The maximum absolute atomic E-state index is 14.5. The first-order chi connectivity index (χ1) is 20.3. The Hall–Kier alpha value is -4.06. The highest BCUT2D eigenvalue weighted by atomic mass is 16.5. The molecule has 4 aromatic rings. The molecule has 3 aromatic carbocycles.